The zero-order chi connectivity index (χ0) is 19.9. The van der Waals surface area contributed by atoms with Gasteiger partial charge in [0.2, 0.25) is 11.1 Å². The number of carbonyl (C=O) groups is 1. The summed E-state index contributed by atoms with van der Waals surface area (Å²) in [7, 11) is 0. The highest BCUT2D eigenvalue weighted by Crippen LogP contribution is 2.24. The monoisotopic (exact) mass is 415 g/mol. The smallest absolute Gasteiger partial charge is 0.233 e. The van der Waals surface area contributed by atoms with Crippen LogP contribution in [0.3, 0.4) is 0 Å². The second-order valence-corrected chi connectivity index (χ2v) is 8.12. The number of hydrogen-bond donors (Lipinski definition) is 1. The first-order valence-electron chi connectivity index (χ1n) is 9.12. The zero-order valence-corrected chi connectivity index (χ0v) is 17.3. The maximum atomic E-state index is 12.6. The summed E-state index contributed by atoms with van der Waals surface area (Å²) in [5.74, 6) is 0.256. The van der Waals surface area contributed by atoms with Crippen molar-refractivity contribution >= 4 is 29.3 Å². The van der Waals surface area contributed by atoms with Crippen molar-refractivity contribution < 1.29 is 4.79 Å². The van der Waals surface area contributed by atoms with E-state index < -0.39 is 0 Å². The molecular formula is C20H22ClN5OS. The lowest BCUT2D eigenvalue weighted by Crippen LogP contribution is -2.34. The van der Waals surface area contributed by atoms with Crippen LogP contribution >= 0.6 is 23.4 Å². The first-order valence-corrected chi connectivity index (χ1v) is 10.4. The Labute approximate surface area is 173 Å². The summed E-state index contributed by atoms with van der Waals surface area (Å²) in [6.45, 7) is 4.58. The number of hydrogen-bond acceptors (Lipinski definition) is 5. The van der Waals surface area contributed by atoms with Crippen molar-refractivity contribution in [2.45, 2.75) is 36.6 Å². The Kier molecular flexibility index (Phi) is 7.06. The Hall–Kier alpha value is -2.38. The van der Waals surface area contributed by atoms with Crippen LogP contribution in [0.5, 0.6) is 0 Å². The molecule has 2 aromatic carbocycles. The normalized spacial score (nSPS) is 13.1. The summed E-state index contributed by atoms with van der Waals surface area (Å²) >= 11 is 7.26. The SMILES string of the molecule is CC[C@H](CNC(=O)[C@H](C)Sc1nnnn1-c1ccc(Cl)cc1)c1ccccc1. The summed E-state index contributed by atoms with van der Waals surface area (Å²) in [6.07, 6.45) is 0.959. The van der Waals surface area contributed by atoms with Gasteiger partial charge in [0.25, 0.3) is 0 Å². The highest BCUT2D eigenvalue weighted by Gasteiger charge is 2.20. The molecule has 0 spiro atoms. The summed E-state index contributed by atoms with van der Waals surface area (Å²) in [6, 6.07) is 17.5. The second-order valence-electron chi connectivity index (χ2n) is 6.37. The molecule has 8 heteroatoms. The van der Waals surface area contributed by atoms with Crippen molar-refractivity contribution in [3.8, 4) is 5.69 Å². The van der Waals surface area contributed by atoms with Crippen LogP contribution in [-0.4, -0.2) is 37.9 Å². The number of benzene rings is 2. The topological polar surface area (TPSA) is 72.7 Å². The number of nitrogens with zero attached hydrogens (tertiary/aromatic N) is 4. The van der Waals surface area contributed by atoms with E-state index in [1.54, 1.807) is 16.8 Å². The average molecular weight is 416 g/mol. The molecule has 0 radical (unpaired) electrons. The maximum absolute atomic E-state index is 12.6. The molecule has 3 rings (SSSR count). The summed E-state index contributed by atoms with van der Waals surface area (Å²) < 4.78 is 1.60. The molecule has 0 saturated carbocycles. The Bertz CT molecular complexity index is 900. The molecule has 2 atom stereocenters. The highest BCUT2D eigenvalue weighted by atomic mass is 35.5. The number of carbonyl (C=O) groups excluding carboxylic acids is 1. The average Bonchev–Trinajstić information content (AvgIpc) is 3.17. The van der Waals surface area contributed by atoms with Crippen molar-refractivity contribution in [2.24, 2.45) is 0 Å². The van der Waals surface area contributed by atoms with E-state index in [0.717, 1.165) is 12.1 Å². The molecule has 6 nitrogen and oxygen atoms in total. The fraction of sp³-hybridized carbons (Fsp3) is 0.300. The zero-order valence-electron chi connectivity index (χ0n) is 15.7. The lowest BCUT2D eigenvalue weighted by Gasteiger charge is -2.18. The number of nitrogens with one attached hydrogen (secondary N) is 1. The highest BCUT2D eigenvalue weighted by molar-refractivity contribution is 8.00. The third-order valence-corrected chi connectivity index (χ3v) is 5.73. The standard InChI is InChI=1S/C20H22ClN5OS/c1-3-15(16-7-5-4-6-8-16)13-22-19(27)14(2)28-20-23-24-25-26(20)18-11-9-17(21)10-12-18/h4-12,14-15H,3,13H2,1-2H3,(H,22,27)/t14-,15+/m0/s1. The van der Waals surface area contributed by atoms with Crippen LogP contribution in [0.1, 0.15) is 31.7 Å². The molecule has 0 aliphatic carbocycles. The van der Waals surface area contributed by atoms with Gasteiger partial charge in [-0.15, -0.1) is 5.10 Å². The van der Waals surface area contributed by atoms with Gasteiger partial charge in [0.15, 0.2) is 0 Å². The Morgan fingerprint density at radius 2 is 1.89 bits per heavy atom. The van der Waals surface area contributed by atoms with Crippen LogP contribution in [0.4, 0.5) is 0 Å². The van der Waals surface area contributed by atoms with Crippen LogP contribution in [0.25, 0.3) is 5.69 Å². The van der Waals surface area contributed by atoms with Gasteiger partial charge in [-0.1, -0.05) is 60.6 Å². The van der Waals surface area contributed by atoms with Gasteiger partial charge >= 0.3 is 0 Å². The lowest BCUT2D eigenvalue weighted by molar-refractivity contribution is -0.120. The van der Waals surface area contributed by atoms with Gasteiger partial charge < -0.3 is 5.32 Å². The number of rotatable bonds is 8. The first kappa shape index (κ1) is 20.4. The molecule has 0 aliphatic heterocycles. The lowest BCUT2D eigenvalue weighted by atomic mass is 9.96. The van der Waals surface area contributed by atoms with E-state index in [-0.39, 0.29) is 11.2 Å². The molecule has 0 aliphatic rings. The van der Waals surface area contributed by atoms with Gasteiger partial charge in [0, 0.05) is 17.5 Å². The quantitative estimate of drug-likeness (QED) is 0.560. The Morgan fingerprint density at radius 3 is 2.57 bits per heavy atom. The maximum Gasteiger partial charge on any atom is 0.233 e. The van der Waals surface area contributed by atoms with Gasteiger partial charge in [-0.05, 0) is 53.6 Å². The number of halogens is 1. The van der Waals surface area contributed by atoms with Crippen LogP contribution in [-0.2, 0) is 4.79 Å². The third-order valence-electron chi connectivity index (χ3n) is 4.45. The van der Waals surface area contributed by atoms with Gasteiger partial charge in [-0.2, -0.15) is 4.68 Å². The van der Waals surface area contributed by atoms with Gasteiger partial charge in [-0.3, -0.25) is 4.79 Å². The molecule has 0 unspecified atom stereocenters. The number of amides is 1. The predicted octanol–water partition coefficient (Wildman–Crippen LogP) is 4.11. The van der Waals surface area contributed by atoms with Crippen molar-refractivity contribution in [3.63, 3.8) is 0 Å². The van der Waals surface area contributed by atoms with E-state index in [1.165, 1.54) is 17.3 Å². The molecule has 146 valence electrons. The van der Waals surface area contributed by atoms with Crippen molar-refractivity contribution in [3.05, 3.63) is 65.2 Å². The minimum atomic E-state index is -0.328. The predicted molar refractivity (Wildman–Crippen MR) is 112 cm³/mol. The van der Waals surface area contributed by atoms with E-state index in [0.29, 0.717) is 22.6 Å². The van der Waals surface area contributed by atoms with Crippen LogP contribution in [0.2, 0.25) is 5.02 Å². The van der Waals surface area contributed by atoms with E-state index in [9.17, 15) is 4.79 Å². The second kappa shape index (κ2) is 9.71. The number of thioether (sulfide) groups is 1. The summed E-state index contributed by atoms with van der Waals surface area (Å²) in [5.41, 5.74) is 2.02. The number of aromatic nitrogens is 4. The minimum Gasteiger partial charge on any atom is -0.355 e. The Balaban J connectivity index is 1.60. The molecule has 3 aromatic rings. The van der Waals surface area contributed by atoms with E-state index >= 15 is 0 Å². The van der Waals surface area contributed by atoms with E-state index in [1.807, 2.05) is 37.3 Å². The molecule has 1 amide bonds. The van der Waals surface area contributed by atoms with Crippen molar-refractivity contribution in [1.82, 2.24) is 25.5 Å². The fourth-order valence-corrected chi connectivity index (χ4v) is 3.76. The minimum absolute atomic E-state index is 0.0370. The van der Waals surface area contributed by atoms with Gasteiger partial charge in [-0.25, -0.2) is 0 Å². The number of tetrazole rings is 1. The van der Waals surface area contributed by atoms with Crippen molar-refractivity contribution in [2.75, 3.05) is 6.54 Å². The first-order chi connectivity index (χ1) is 13.6. The largest absolute Gasteiger partial charge is 0.355 e. The van der Waals surface area contributed by atoms with E-state index in [4.69, 9.17) is 11.6 Å². The molecule has 0 fully saturated rings. The van der Waals surface area contributed by atoms with E-state index in [2.05, 4.69) is 39.9 Å². The molecule has 1 N–H and O–H groups in total. The van der Waals surface area contributed by atoms with Gasteiger partial charge in [0.1, 0.15) is 0 Å². The van der Waals surface area contributed by atoms with Crippen LogP contribution in [0, 0.1) is 0 Å². The Morgan fingerprint density at radius 1 is 1.18 bits per heavy atom. The molecule has 1 heterocycles. The summed E-state index contributed by atoms with van der Waals surface area (Å²) in [4.78, 5) is 12.6. The third kappa shape index (κ3) is 5.11. The summed E-state index contributed by atoms with van der Waals surface area (Å²) in [5, 5.41) is 15.7. The molecule has 1 aromatic heterocycles. The molecule has 0 bridgehead atoms. The molecular weight excluding hydrogens is 394 g/mol. The van der Waals surface area contributed by atoms with Crippen LogP contribution < -0.4 is 5.32 Å². The molecule has 0 saturated heterocycles. The van der Waals surface area contributed by atoms with Crippen LogP contribution in [0.15, 0.2) is 59.8 Å². The fourth-order valence-electron chi connectivity index (χ4n) is 2.80. The van der Waals surface area contributed by atoms with Gasteiger partial charge in [0.05, 0.1) is 10.9 Å². The molecule has 28 heavy (non-hydrogen) atoms. The van der Waals surface area contributed by atoms with Crippen molar-refractivity contribution in [1.29, 1.82) is 0 Å².